The summed E-state index contributed by atoms with van der Waals surface area (Å²) in [7, 11) is 0. The van der Waals surface area contributed by atoms with Crippen LogP contribution in [-0.4, -0.2) is 0 Å². The van der Waals surface area contributed by atoms with E-state index in [1.54, 1.807) is 0 Å². The average Bonchev–Trinajstić information content (AvgIpc) is 3.28. The lowest BCUT2D eigenvalue weighted by Gasteiger charge is -2.33. The number of hydrogen-bond donors (Lipinski definition) is 0. The maximum atomic E-state index is 6.46. The van der Waals surface area contributed by atoms with Crippen LogP contribution in [0, 0.1) is 6.92 Å². The number of aryl methyl sites for hydroxylation is 1. The molecule has 0 aromatic heterocycles. The van der Waals surface area contributed by atoms with E-state index in [0.29, 0.717) is 0 Å². The van der Waals surface area contributed by atoms with Crippen LogP contribution in [0.15, 0.2) is 200 Å². The van der Waals surface area contributed by atoms with Gasteiger partial charge in [-0.1, -0.05) is 133 Å². The number of para-hydroxylation sites is 8. The number of anilines is 6. The summed E-state index contributed by atoms with van der Waals surface area (Å²) in [5.74, 6) is 3.33. The summed E-state index contributed by atoms with van der Waals surface area (Å²) < 4.78 is 12.9. The van der Waals surface area contributed by atoms with Crippen molar-refractivity contribution < 1.29 is 9.47 Å². The monoisotopic (exact) mass is 756 g/mol. The van der Waals surface area contributed by atoms with Crippen molar-refractivity contribution in [1.82, 2.24) is 0 Å². The van der Waals surface area contributed by atoms with Crippen molar-refractivity contribution in [2.75, 3.05) is 9.80 Å². The maximum absolute atomic E-state index is 6.46. The van der Waals surface area contributed by atoms with Gasteiger partial charge in [-0.3, -0.25) is 0 Å². The molecule has 0 saturated carbocycles. The highest BCUT2D eigenvalue weighted by Crippen LogP contribution is 2.55. The van der Waals surface area contributed by atoms with Crippen molar-refractivity contribution in [2.24, 2.45) is 0 Å². The molecule has 0 unspecified atom stereocenters. The molecule has 4 heteroatoms. The van der Waals surface area contributed by atoms with Gasteiger partial charge in [0.15, 0.2) is 23.0 Å². The predicted molar refractivity (Wildman–Crippen MR) is 244 cm³/mol. The molecule has 0 bridgehead atoms. The molecule has 0 radical (unpaired) electrons. The van der Waals surface area contributed by atoms with E-state index in [2.05, 4.69) is 168 Å². The minimum absolute atomic E-state index is 0.832. The molecule has 2 aliphatic heterocycles. The van der Waals surface area contributed by atoms with Crippen molar-refractivity contribution in [1.29, 1.82) is 0 Å². The Morgan fingerprint density at radius 3 is 1.36 bits per heavy atom. The van der Waals surface area contributed by atoms with Crippen LogP contribution in [-0.2, 0) is 0 Å². The van der Waals surface area contributed by atoms with Gasteiger partial charge in [0.2, 0.25) is 0 Å². The second kappa shape index (κ2) is 13.1. The Balaban J connectivity index is 1.21. The number of rotatable bonds is 4. The zero-order valence-corrected chi connectivity index (χ0v) is 32.3. The summed E-state index contributed by atoms with van der Waals surface area (Å²) in [6.07, 6.45) is 0. The molecule has 0 fully saturated rings. The molecule has 2 heterocycles. The quantitative estimate of drug-likeness (QED) is 0.167. The normalized spacial score (nSPS) is 12.7. The maximum Gasteiger partial charge on any atom is 0.151 e. The zero-order valence-electron chi connectivity index (χ0n) is 32.3. The number of hydrogen-bond acceptors (Lipinski definition) is 4. The highest BCUT2D eigenvalue weighted by Gasteiger charge is 2.29. The third-order valence-electron chi connectivity index (χ3n) is 11.8. The van der Waals surface area contributed by atoms with Gasteiger partial charge in [-0.05, 0) is 134 Å². The highest BCUT2D eigenvalue weighted by atomic mass is 16.5. The standard InChI is InChI=1S/C55H36N2O2/c1-35-14-12-17-37(32-35)54-42-30-28-39(57-48-22-6-10-26-52(48)59-53-27-11-7-23-49(53)57)34-45(42)55(41-19-13-16-36-15-2-3-18-40(36)41)43-31-29-38(33-44(43)54)56-46-20-4-8-24-50(46)58-51-25-9-5-21-47(51)56/h2-34H,1H3. The molecule has 0 amide bonds. The van der Waals surface area contributed by atoms with E-state index in [4.69, 9.17) is 9.47 Å². The molecule has 4 nitrogen and oxygen atoms in total. The van der Waals surface area contributed by atoms with Crippen LogP contribution in [0.1, 0.15) is 5.56 Å². The van der Waals surface area contributed by atoms with Crippen molar-refractivity contribution in [3.8, 4) is 45.3 Å². The fraction of sp³-hybridized carbons (Fsp3) is 0.0182. The minimum atomic E-state index is 0.832. The molecule has 12 rings (SSSR count). The first-order valence-electron chi connectivity index (χ1n) is 20.1. The highest BCUT2D eigenvalue weighted by molar-refractivity contribution is 6.24. The first kappa shape index (κ1) is 33.3. The van der Waals surface area contributed by atoms with Gasteiger partial charge in [-0.2, -0.15) is 0 Å². The molecular weight excluding hydrogens is 721 g/mol. The van der Waals surface area contributed by atoms with E-state index in [1.807, 2.05) is 48.5 Å². The second-order valence-corrected chi connectivity index (χ2v) is 15.4. The zero-order chi connectivity index (χ0) is 39.0. The number of benzene rings is 10. The lowest BCUT2D eigenvalue weighted by atomic mass is 9.84. The molecule has 0 spiro atoms. The summed E-state index contributed by atoms with van der Waals surface area (Å²) >= 11 is 0. The smallest absolute Gasteiger partial charge is 0.151 e. The molecule has 0 atom stereocenters. The van der Waals surface area contributed by atoms with Crippen LogP contribution in [0.5, 0.6) is 23.0 Å². The topological polar surface area (TPSA) is 24.9 Å². The SMILES string of the molecule is Cc1cccc(-c2c3cc(N4c5ccccc5Oc5ccccc54)ccc3c(-c3cccc4ccccc34)c3cc(N4c5ccccc5Oc5ccccc54)ccc23)c1. The van der Waals surface area contributed by atoms with E-state index in [-0.39, 0.29) is 0 Å². The lowest BCUT2D eigenvalue weighted by molar-refractivity contribution is 0.477. The summed E-state index contributed by atoms with van der Waals surface area (Å²) in [6, 6.07) is 71.6. The van der Waals surface area contributed by atoms with Crippen LogP contribution in [0.25, 0.3) is 54.6 Å². The van der Waals surface area contributed by atoms with E-state index in [9.17, 15) is 0 Å². The van der Waals surface area contributed by atoms with Gasteiger partial charge in [0.1, 0.15) is 0 Å². The third-order valence-corrected chi connectivity index (χ3v) is 11.8. The summed E-state index contributed by atoms with van der Waals surface area (Å²) in [6.45, 7) is 2.18. The Morgan fingerprint density at radius 2 is 0.797 bits per heavy atom. The van der Waals surface area contributed by atoms with Crippen molar-refractivity contribution in [3.63, 3.8) is 0 Å². The van der Waals surface area contributed by atoms with Crippen LogP contribution in [0.2, 0.25) is 0 Å². The fourth-order valence-corrected chi connectivity index (χ4v) is 9.29. The molecule has 0 N–H and O–H groups in total. The first-order chi connectivity index (χ1) is 29.2. The average molecular weight is 757 g/mol. The summed E-state index contributed by atoms with van der Waals surface area (Å²) in [5, 5.41) is 7.15. The van der Waals surface area contributed by atoms with E-state index in [0.717, 1.165) is 57.1 Å². The summed E-state index contributed by atoms with van der Waals surface area (Å²) in [5.41, 5.74) is 12.2. The Kier molecular flexibility index (Phi) is 7.41. The molecule has 10 aromatic carbocycles. The second-order valence-electron chi connectivity index (χ2n) is 15.4. The van der Waals surface area contributed by atoms with Crippen molar-refractivity contribution >= 4 is 66.4 Å². The van der Waals surface area contributed by atoms with Crippen LogP contribution < -0.4 is 19.3 Å². The Bertz CT molecular complexity index is 3240. The van der Waals surface area contributed by atoms with Gasteiger partial charge in [-0.25, -0.2) is 0 Å². The van der Waals surface area contributed by atoms with Gasteiger partial charge < -0.3 is 19.3 Å². The van der Waals surface area contributed by atoms with Crippen LogP contribution in [0.4, 0.5) is 34.1 Å². The van der Waals surface area contributed by atoms with E-state index >= 15 is 0 Å². The van der Waals surface area contributed by atoms with Gasteiger partial charge in [0.05, 0.1) is 22.7 Å². The molecule has 0 saturated heterocycles. The van der Waals surface area contributed by atoms with Crippen LogP contribution in [0.3, 0.4) is 0 Å². The van der Waals surface area contributed by atoms with Gasteiger partial charge >= 0.3 is 0 Å². The Hall–Kier alpha value is -7.82. The summed E-state index contributed by atoms with van der Waals surface area (Å²) in [4.78, 5) is 4.68. The minimum Gasteiger partial charge on any atom is -0.453 e. The third kappa shape index (κ3) is 5.23. The van der Waals surface area contributed by atoms with Gasteiger partial charge in [-0.15, -0.1) is 0 Å². The predicted octanol–water partition coefficient (Wildman–Crippen LogP) is 15.9. The number of ether oxygens (including phenoxy) is 2. The fourth-order valence-electron chi connectivity index (χ4n) is 9.29. The molecule has 2 aliphatic rings. The Morgan fingerprint density at radius 1 is 0.339 bits per heavy atom. The van der Waals surface area contributed by atoms with Crippen LogP contribution >= 0.6 is 0 Å². The molecular formula is C55H36N2O2. The molecule has 10 aromatic rings. The number of fused-ring (bicyclic) bond motifs is 7. The lowest BCUT2D eigenvalue weighted by Crippen LogP contribution is -2.16. The molecule has 0 aliphatic carbocycles. The van der Waals surface area contributed by atoms with Gasteiger partial charge in [0, 0.05) is 11.4 Å². The van der Waals surface area contributed by atoms with E-state index < -0.39 is 0 Å². The number of nitrogens with zero attached hydrogens (tertiary/aromatic N) is 2. The Labute approximate surface area is 342 Å². The molecule has 278 valence electrons. The van der Waals surface area contributed by atoms with Gasteiger partial charge in [0.25, 0.3) is 0 Å². The van der Waals surface area contributed by atoms with Crippen molar-refractivity contribution in [3.05, 3.63) is 206 Å². The largest absolute Gasteiger partial charge is 0.453 e. The van der Waals surface area contributed by atoms with E-state index in [1.165, 1.54) is 60.1 Å². The van der Waals surface area contributed by atoms with Crippen molar-refractivity contribution in [2.45, 2.75) is 6.92 Å². The first-order valence-corrected chi connectivity index (χ1v) is 20.1. The molecule has 59 heavy (non-hydrogen) atoms.